The molecule has 0 aliphatic carbocycles. The van der Waals surface area contributed by atoms with Crippen molar-refractivity contribution in [2.24, 2.45) is 11.8 Å². The van der Waals surface area contributed by atoms with Gasteiger partial charge in [-0.3, -0.25) is 4.79 Å². The third-order valence-electron chi connectivity index (χ3n) is 3.48. The minimum atomic E-state index is -0.936. The molecular formula is C11H20N2O5. The minimum Gasteiger partial charge on any atom is -0.481 e. The maximum atomic E-state index is 11.3. The van der Waals surface area contributed by atoms with Crippen LogP contribution in [0.1, 0.15) is 34.1 Å². The molecule has 1 rings (SSSR count). The number of nitrogens with zero attached hydrogens (tertiary/aromatic N) is 1. The Bertz CT molecular complexity index is 353. The van der Waals surface area contributed by atoms with Gasteiger partial charge in [-0.05, 0) is 34.1 Å². The van der Waals surface area contributed by atoms with Crippen LogP contribution in [0.25, 0.3) is 0 Å². The molecule has 0 spiro atoms. The van der Waals surface area contributed by atoms with Gasteiger partial charge in [-0.15, -0.1) is 10.1 Å². The van der Waals surface area contributed by atoms with E-state index >= 15 is 0 Å². The van der Waals surface area contributed by atoms with Crippen LogP contribution in [0.2, 0.25) is 0 Å². The third kappa shape index (κ3) is 3.32. The van der Waals surface area contributed by atoms with Gasteiger partial charge >= 0.3 is 5.97 Å². The van der Waals surface area contributed by atoms with Gasteiger partial charge in [0.05, 0.1) is 5.92 Å². The van der Waals surface area contributed by atoms with Gasteiger partial charge in [-0.1, -0.05) is 0 Å². The van der Waals surface area contributed by atoms with Gasteiger partial charge in [0.2, 0.25) is 0 Å². The Labute approximate surface area is 106 Å². The van der Waals surface area contributed by atoms with Gasteiger partial charge in [0.25, 0.3) is 5.09 Å². The first-order valence-electron chi connectivity index (χ1n) is 5.84. The highest BCUT2D eigenvalue weighted by atomic mass is 16.9. The van der Waals surface area contributed by atoms with Gasteiger partial charge in [-0.25, -0.2) is 0 Å². The molecule has 0 bridgehead atoms. The largest absolute Gasteiger partial charge is 0.481 e. The molecule has 0 saturated carbocycles. The van der Waals surface area contributed by atoms with Crippen LogP contribution in [0.5, 0.6) is 0 Å². The van der Waals surface area contributed by atoms with Crippen LogP contribution in [0.4, 0.5) is 0 Å². The molecule has 0 radical (unpaired) electrons. The van der Waals surface area contributed by atoms with Crippen molar-refractivity contribution < 1.29 is 19.8 Å². The van der Waals surface area contributed by atoms with Crippen molar-refractivity contribution in [3.8, 4) is 0 Å². The highest BCUT2D eigenvalue weighted by Crippen LogP contribution is 2.38. The lowest BCUT2D eigenvalue weighted by atomic mass is 9.68. The molecule has 2 unspecified atom stereocenters. The quantitative estimate of drug-likeness (QED) is 0.579. The Morgan fingerprint density at radius 2 is 2.06 bits per heavy atom. The van der Waals surface area contributed by atoms with Gasteiger partial charge in [0.15, 0.2) is 0 Å². The fraction of sp³-hybridized carbons (Fsp3) is 0.909. The molecule has 1 aliphatic rings. The summed E-state index contributed by atoms with van der Waals surface area (Å²) in [6, 6.07) is 0. The van der Waals surface area contributed by atoms with E-state index in [9.17, 15) is 20.0 Å². The maximum absolute atomic E-state index is 11.3. The second-order valence-corrected chi connectivity index (χ2v) is 6.01. The lowest BCUT2D eigenvalue weighted by Gasteiger charge is -2.50. The number of carbonyl (C=O) groups is 1. The van der Waals surface area contributed by atoms with Gasteiger partial charge in [0, 0.05) is 17.0 Å². The van der Waals surface area contributed by atoms with Crippen LogP contribution in [0.15, 0.2) is 0 Å². The first-order valence-corrected chi connectivity index (χ1v) is 5.84. The Hall–Kier alpha value is -1.37. The summed E-state index contributed by atoms with van der Waals surface area (Å²) in [4.78, 5) is 26.0. The topological polar surface area (TPSA) is 102 Å². The number of hydrogen-bond donors (Lipinski definition) is 2. The summed E-state index contributed by atoms with van der Waals surface area (Å²) in [7, 11) is 0. The molecule has 7 nitrogen and oxygen atoms in total. The van der Waals surface area contributed by atoms with E-state index in [0.717, 1.165) is 0 Å². The van der Waals surface area contributed by atoms with Crippen LogP contribution >= 0.6 is 0 Å². The average molecular weight is 260 g/mol. The molecule has 1 saturated heterocycles. The van der Waals surface area contributed by atoms with Crippen molar-refractivity contribution >= 4 is 5.97 Å². The zero-order valence-corrected chi connectivity index (χ0v) is 11.1. The molecule has 104 valence electrons. The lowest BCUT2D eigenvalue weighted by Crippen LogP contribution is -2.65. The van der Waals surface area contributed by atoms with Crippen molar-refractivity contribution in [1.82, 2.24) is 5.32 Å². The predicted octanol–water partition coefficient (Wildman–Crippen LogP) is 1.06. The highest BCUT2D eigenvalue weighted by Gasteiger charge is 2.48. The average Bonchev–Trinajstić information content (AvgIpc) is 2.11. The Kier molecular flexibility index (Phi) is 3.85. The van der Waals surface area contributed by atoms with E-state index < -0.39 is 28.4 Å². The fourth-order valence-corrected chi connectivity index (χ4v) is 2.94. The first kappa shape index (κ1) is 14.7. The van der Waals surface area contributed by atoms with E-state index in [1.54, 1.807) is 0 Å². The summed E-state index contributed by atoms with van der Waals surface area (Å²) in [6.45, 7) is 7.33. The molecule has 1 heterocycles. The Morgan fingerprint density at radius 1 is 1.50 bits per heavy atom. The molecule has 2 N–H and O–H groups in total. The summed E-state index contributed by atoms with van der Waals surface area (Å²) < 4.78 is 0. The summed E-state index contributed by atoms with van der Waals surface area (Å²) >= 11 is 0. The minimum absolute atomic E-state index is 0.208. The number of rotatable bonds is 4. The summed E-state index contributed by atoms with van der Waals surface area (Å²) in [6.07, 6.45) is 0.414. The molecule has 0 amide bonds. The third-order valence-corrected chi connectivity index (χ3v) is 3.48. The van der Waals surface area contributed by atoms with E-state index in [1.807, 2.05) is 27.7 Å². The van der Waals surface area contributed by atoms with Gasteiger partial charge < -0.3 is 15.3 Å². The summed E-state index contributed by atoms with van der Waals surface area (Å²) in [5.41, 5.74) is -0.863. The number of aliphatic carboxylic acids is 1. The van der Waals surface area contributed by atoms with Crippen molar-refractivity contribution in [2.75, 3.05) is 6.61 Å². The fourth-order valence-electron chi connectivity index (χ4n) is 2.94. The summed E-state index contributed by atoms with van der Waals surface area (Å²) in [5.74, 6) is -2.04. The summed E-state index contributed by atoms with van der Waals surface area (Å²) in [5, 5.41) is 22.0. The monoisotopic (exact) mass is 260 g/mol. The molecule has 0 aromatic carbocycles. The van der Waals surface area contributed by atoms with Crippen molar-refractivity contribution in [3.63, 3.8) is 0 Å². The molecule has 0 aromatic rings. The lowest BCUT2D eigenvalue weighted by molar-refractivity contribution is -0.760. The van der Waals surface area contributed by atoms with E-state index in [4.69, 9.17) is 0 Å². The first-order chi connectivity index (χ1) is 8.05. The van der Waals surface area contributed by atoms with Crippen LogP contribution in [-0.4, -0.2) is 33.8 Å². The van der Waals surface area contributed by atoms with E-state index in [2.05, 4.69) is 10.2 Å². The van der Waals surface area contributed by atoms with Crippen molar-refractivity contribution in [2.45, 2.75) is 45.2 Å². The standard InChI is InChI=1S/C11H20N2O5/c1-10(2)5-7(9(14)15)8(6-18-13(16)17)11(3,4)12-10/h7-8,12H,5-6H2,1-4H3,(H,14,15). The number of carboxylic acids is 1. The highest BCUT2D eigenvalue weighted by molar-refractivity contribution is 5.71. The molecule has 18 heavy (non-hydrogen) atoms. The Balaban J connectivity index is 2.94. The normalized spacial score (nSPS) is 29.6. The zero-order chi connectivity index (χ0) is 14.1. The van der Waals surface area contributed by atoms with Crippen LogP contribution in [0.3, 0.4) is 0 Å². The molecular weight excluding hydrogens is 240 g/mol. The SMILES string of the molecule is CC1(C)CC(C(=O)O)C(CO[N+](=O)[O-])C(C)(C)N1. The predicted molar refractivity (Wildman–Crippen MR) is 63.5 cm³/mol. The molecule has 2 atom stereocenters. The van der Waals surface area contributed by atoms with Crippen LogP contribution < -0.4 is 5.32 Å². The molecule has 7 heteroatoms. The van der Waals surface area contributed by atoms with E-state index in [1.165, 1.54) is 0 Å². The Morgan fingerprint density at radius 3 is 2.50 bits per heavy atom. The van der Waals surface area contributed by atoms with E-state index in [-0.39, 0.29) is 12.1 Å². The number of carboxylic acid groups (broad SMARTS) is 1. The number of piperidine rings is 1. The molecule has 0 aromatic heterocycles. The molecule has 1 fully saturated rings. The second-order valence-electron chi connectivity index (χ2n) is 6.01. The molecule has 1 aliphatic heterocycles. The maximum Gasteiger partial charge on any atom is 0.306 e. The van der Waals surface area contributed by atoms with Crippen molar-refractivity contribution in [1.29, 1.82) is 0 Å². The van der Waals surface area contributed by atoms with Gasteiger partial charge in [0.1, 0.15) is 6.61 Å². The number of hydrogen-bond acceptors (Lipinski definition) is 5. The zero-order valence-electron chi connectivity index (χ0n) is 11.1. The smallest absolute Gasteiger partial charge is 0.306 e. The second kappa shape index (κ2) is 4.72. The van der Waals surface area contributed by atoms with Crippen LogP contribution in [-0.2, 0) is 9.63 Å². The number of nitrogens with one attached hydrogen (secondary N) is 1. The van der Waals surface area contributed by atoms with E-state index in [0.29, 0.717) is 6.42 Å². The van der Waals surface area contributed by atoms with Crippen molar-refractivity contribution in [3.05, 3.63) is 10.1 Å². The van der Waals surface area contributed by atoms with Gasteiger partial charge in [-0.2, -0.15) is 0 Å². The van der Waals surface area contributed by atoms with Crippen LogP contribution in [0, 0.1) is 22.0 Å².